The van der Waals surface area contributed by atoms with E-state index in [2.05, 4.69) is 39.3 Å². The van der Waals surface area contributed by atoms with Crippen LogP contribution >= 0.6 is 8.07 Å². The van der Waals surface area contributed by atoms with E-state index in [0.29, 0.717) is 10.7 Å². The van der Waals surface area contributed by atoms with Crippen LogP contribution in [0.5, 0.6) is 0 Å². The Labute approximate surface area is 155 Å². The Morgan fingerprint density at radius 3 is 1.76 bits per heavy atom. The van der Waals surface area contributed by atoms with Crippen LogP contribution in [-0.2, 0) is 19.1 Å². The van der Waals surface area contributed by atoms with Crippen LogP contribution in [0.1, 0.15) is 0 Å². The molecule has 0 radical (unpaired) electrons. The van der Waals surface area contributed by atoms with Gasteiger partial charge in [-0.1, -0.05) is 39.3 Å². The van der Waals surface area contributed by atoms with Gasteiger partial charge in [-0.2, -0.15) is 0 Å². The molecule has 0 aromatic heterocycles. The predicted molar refractivity (Wildman–Crippen MR) is 110 cm³/mol. The van der Waals surface area contributed by atoms with Crippen LogP contribution in [0.15, 0.2) is 4.76 Å². The molecule has 3 unspecified atom stereocenters. The van der Waals surface area contributed by atoms with Crippen molar-refractivity contribution < 1.29 is 19.1 Å². The van der Waals surface area contributed by atoms with Crippen LogP contribution in [0.2, 0.25) is 39.3 Å². The fourth-order valence-corrected chi connectivity index (χ4v) is 24.0. The first kappa shape index (κ1) is 22.3. The number of methoxy groups -OCH3 is 2. The van der Waals surface area contributed by atoms with Gasteiger partial charge in [-0.05, 0) is 4.91 Å². The van der Waals surface area contributed by atoms with Crippen LogP contribution in [0, 0.1) is 5.92 Å². The summed E-state index contributed by atoms with van der Waals surface area (Å²) in [6.45, 7) is 14.0. The second kappa shape index (κ2) is 7.88. The lowest BCUT2D eigenvalue weighted by Gasteiger charge is -2.42. The highest BCUT2D eigenvalue weighted by Gasteiger charge is 2.56. The molecule has 0 saturated carbocycles. The number of esters is 2. The van der Waals surface area contributed by atoms with Gasteiger partial charge in [-0.25, -0.2) is 4.76 Å². The van der Waals surface area contributed by atoms with E-state index in [1.165, 1.54) is 14.2 Å². The molecule has 6 nitrogen and oxygen atoms in total. The lowest BCUT2D eigenvalue weighted by Crippen LogP contribution is -2.54. The van der Waals surface area contributed by atoms with Gasteiger partial charge in [0.25, 0.3) is 0 Å². The van der Waals surface area contributed by atoms with E-state index in [1.807, 2.05) is 19.0 Å². The second-order valence-corrected chi connectivity index (χ2v) is 23.0. The van der Waals surface area contributed by atoms with Crippen molar-refractivity contribution in [1.29, 1.82) is 0 Å². The zero-order valence-corrected chi connectivity index (χ0v) is 20.1. The maximum atomic E-state index is 12.7. The molecule has 0 aromatic carbocycles. The molecule has 1 aliphatic heterocycles. The molecule has 25 heavy (non-hydrogen) atoms. The highest BCUT2D eigenvalue weighted by atomic mass is 31.1. The van der Waals surface area contributed by atoms with Gasteiger partial charge < -0.3 is 14.4 Å². The third-order valence-electron chi connectivity index (χ3n) is 4.36. The molecule has 3 atom stereocenters. The lowest BCUT2D eigenvalue weighted by atomic mass is 10.0. The summed E-state index contributed by atoms with van der Waals surface area (Å²) in [5.41, 5.74) is -0.548. The van der Waals surface area contributed by atoms with Gasteiger partial charge in [0.05, 0.1) is 30.4 Å². The smallest absolute Gasteiger partial charge is 0.317 e. The zero-order chi connectivity index (χ0) is 19.7. The van der Waals surface area contributed by atoms with Gasteiger partial charge in [-0.15, -0.1) is 0 Å². The standard InChI is InChI=1S/C16H33N2O4PSi2/c1-18(2)13-11(14(19)21-3)12(15(20)22-4)23(17-13)16(24(5,6)7)25(8,9)10/h11-12,16H,1-10H3. The number of nitrogens with zero attached hydrogens (tertiary/aromatic N) is 2. The fraction of sp³-hybridized carbons (Fsp3) is 0.812. The summed E-state index contributed by atoms with van der Waals surface area (Å²) in [5.74, 6) is -0.773. The molecule has 9 heteroatoms. The molecule has 1 rings (SSSR count). The van der Waals surface area contributed by atoms with Crippen molar-refractivity contribution in [3.8, 4) is 0 Å². The summed E-state index contributed by atoms with van der Waals surface area (Å²) in [5, 5.41) is 0. The summed E-state index contributed by atoms with van der Waals surface area (Å²) >= 11 is 0. The molecule has 0 aliphatic carbocycles. The second-order valence-electron chi connectivity index (χ2n) is 8.84. The van der Waals surface area contributed by atoms with Gasteiger partial charge in [0.2, 0.25) is 0 Å². The highest BCUT2D eigenvalue weighted by Crippen LogP contribution is 2.60. The Balaban J connectivity index is 3.58. The molecule has 0 bridgehead atoms. The number of ether oxygens (including phenoxy) is 2. The molecule has 0 aromatic rings. The average Bonchev–Trinajstić information content (AvgIpc) is 2.82. The summed E-state index contributed by atoms with van der Waals surface area (Å²) in [7, 11) is 2.18. The lowest BCUT2D eigenvalue weighted by molar-refractivity contribution is -0.149. The van der Waals surface area contributed by atoms with Crippen molar-refractivity contribution in [1.82, 2.24) is 4.90 Å². The Hall–Kier alpha value is -0.726. The van der Waals surface area contributed by atoms with Crippen molar-refractivity contribution in [2.75, 3.05) is 28.3 Å². The van der Waals surface area contributed by atoms with Crippen LogP contribution in [0.25, 0.3) is 0 Å². The normalized spacial score (nSPS) is 24.1. The maximum absolute atomic E-state index is 12.7. The Bertz CT molecular complexity index is 541. The summed E-state index contributed by atoms with van der Waals surface area (Å²) < 4.78 is 15.1. The molecular formula is C16H33N2O4PSi2. The number of hydrogen-bond acceptors (Lipinski definition) is 6. The molecule has 144 valence electrons. The Morgan fingerprint density at radius 1 is 1.00 bits per heavy atom. The first-order valence-electron chi connectivity index (χ1n) is 8.47. The van der Waals surface area contributed by atoms with Gasteiger partial charge in [-0.3, -0.25) is 9.59 Å². The van der Waals surface area contributed by atoms with E-state index in [4.69, 9.17) is 14.2 Å². The fourth-order valence-electron chi connectivity index (χ4n) is 3.94. The molecule has 0 fully saturated rings. The van der Waals surface area contributed by atoms with E-state index in [1.54, 1.807) is 0 Å². The van der Waals surface area contributed by atoms with Crippen molar-refractivity contribution in [2.24, 2.45) is 10.7 Å². The van der Waals surface area contributed by atoms with Crippen LogP contribution in [0.4, 0.5) is 0 Å². The van der Waals surface area contributed by atoms with Crippen molar-refractivity contribution in [3.63, 3.8) is 0 Å². The number of rotatable bonds is 5. The van der Waals surface area contributed by atoms with Crippen LogP contribution in [0.3, 0.4) is 0 Å². The van der Waals surface area contributed by atoms with E-state index in [0.717, 1.165) is 0 Å². The monoisotopic (exact) mass is 404 g/mol. The molecule has 0 saturated heterocycles. The van der Waals surface area contributed by atoms with E-state index in [-0.39, 0.29) is 5.97 Å². The number of carbonyl (C=O) groups is 2. The van der Waals surface area contributed by atoms with Gasteiger partial charge in [0, 0.05) is 22.2 Å². The van der Waals surface area contributed by atoms with Gasteiger partial charge in [0.1, 0.15) is 17.4 Å². The quantitative estimate of drug-likeness (QED) is 0.400. The molecular weight excluding hydrogens is 371 g/mol. The highest BCUT2D eigenvalue weighted by molar-refractivity contribution is 7.66. The van der Waals surface area contributed by atoms with Crippen molar-refractivity contribution in [2.45, 2.75) is 49.8 Å². The zero-order valence-electron chi connectivity index (χ0n) is 17.2. The molecule has 1 heterocycles. The van der Waals surface area contributed by atoms with E-state index < -0.39 is 41.8 Å². The largest absolute Gasteiger partial charge is 0.468 e. The third kappa shape index (κ3) is 4.71. The van der Waals surface area contributed by atoms with Crippen molar-refractivity contribution in [3.05, 3.63) is 0 Å². The minimum absolute atomic E-state index is 0.344. The maximum Gasteiger partial charge on any atom is 0.317 e. The first-order chi connectivity index (χ1) is 11.3. The van der Waals surface area contributed by atoms with E-state index in [9.17, 15) is 9.59 Å². The molecule has 0 spiro atoms. The SMILES string of the molecule is COC(=O)C1C(N(C)C)=NP(C([Si](C)(C)C)[Si](C)(C)C)C1C(=O)OC. The number of amidine groups is 1. The average molecular weight is 405 g/mol. The van der Waals surface area contributed by atoms with Crippen LogP contribution in [-0.4, -0.2) is 77.7 Å². The van der Waals surface area contributed by atoms with E-state index >= 15 is 0 Å². The van der Waals surface area contributed by atoms with Crippen LogP contribution < -0.4 is 0 Å². The molecule has 0 N–H and O–H groups in total. The number of hydrogen-bond donors (Lipinski definition) is 0. The summed E-state index contributed by atoms with van der Waals surface area (Å²) in [6, 6.07) is 0. The number of carbonyl (C=O) groups excluding carboxylic acids is 2. The Kier molecular flexibility index (Phi) is 7.04. The molecule has 0 amide bonds. The third-order valence-corrected chi connectivity index (χ3v) is 21.1. The Morgan fingerprint density at radius 2 is 1.44 bits per heavy atom. The summed E-state index contributed by atoms with van der Waals surface area (Å²) in [6.07, 6.45) is 0. The first-order valence-corrected chi connectivity index (χ1v) is 17.1. The molecule has 1 aliphatic rings. The van der Waals surface area contributed by atoms with Gasteiger partial charge in [0.15, 0.2) is 0 Å². The van der Waals surface area contributed by atoms with Crippen molar-refractivity contribution >= 4 is 42.0 Å². The topological polar surface area (TPSA) is 68.2 Å². The predicted octanol–water partition coefficient (Wildman–Crippen LogP) is 2.81. The minimum atomic E-state index is -1.62. The van der Waals surface area contributed by atoms with Gasteiger partial charge >= 0.3 is 11.9 Å². The minimum Gasteiger partial charge on any atom is -0.468 e. The summed E-state index contributed by atoms with van der Waals surface area (Å²) in [4.78, 5) is 27.5.